The van der Waals surface area contributed by atoms with E-state index in [2.05, 4.69) is 27.7 Å². The minimum atomic E-state index is -0.315. The Balaban J connectivity index is 1.48. The van der Waals surface area contributed by atoms with Crippen molar-refractivity contribution in [1.29, 1.82) is 0 Å². The summed E-state index contributed by atoms with van der Waals surface area (Å²) in [5.74, 6) is -0.367. The van der Waals surface area contributed by atoms with E-state index in [1.54, 1.807) is 18.3 Å². The quantitative estimate of drug-likeness (QED) is 0.731. The molecule has 1 amide bonds. The highest BCUT2D eigenvalue weighted by molar-refractivity contribution is 7.17. The van der Waals surface area contributed by atoms with Gasteiger partial charge in [-0.05, 0) is 62.6 Å². The van der Waals surface area contributed by atoms with Gasteiger partial charge in [-0.25, -0.2) is 4.79 Å². The first kappa shape index (κ1) is 18.7. The normalized spacial score (nSPS) is 19.2. The zero-order valence-electron chi connectivity index (χ0n) is 15.5. The number of rotatable bonds is 6. The highest BCUT2D eigenvalue weighted by atomic mass is 32.1. The molecule has 1 atom stereocenters. The van der Waals surface area contributed by atoms with Crippen LogP contribution in [0.15, 0.2) is 17.5 Å². The van der Waals surface area contributed by atoms with Crippen LogP contribution in [0.1, 0.15) is 57.9 Å². The summed E-state index contributed by atoms with van der Waals surface area (Å²) in [6.07, 6.45) is 5.14. The van der Waals surface area contributed by atoms with Gasteiger partial charge in [0.05, 0.1) is 18.7 Å². The third kappa shape index (κ3) is 3.81. The number of amides is 1. The number of ether oxygens (including phenoxy) is 1. The Kier molecular flexibility index (Phi) is 5.61. The summed E-state index contributed by atoms with van der Waals surface area (Å²) >= 11 is 3.29. The van der Waals surface area contributed by atoms with E-state index < -0.39 is 0 Å². The number of fused-ring (bicyclic) bond motifs is 1. The lowest BCUT2D eigenvalue weighted by Crippen LogP contribution is -2.32. The number of likely N-dealkylation sites (tertiary alicyclic amines) is 1. The van der Waals surface area contributed by atoms with E-state index in [1.165, 1.54) is 21.1 Å². The average Bonchev–Trinajstić information content (AvgIpc) is 3.39. The Bertz CT molecular complexity index is 829. The molecule has 3 heterocycles. The standard InChI is InChI=1S/C20H24N2O3S2/c1-2-25-20(24)18-13-6-3-8-15(13)27-19(18)21-17(23)12-22-10-4-7-14(22)16-9-5-11-26-16/h5,9,11,14H,2-4,6-8,10,12H2,1H3,(H,21,23). The maximum absolute atomic E-state index is 12.7. The lowest BCUT2D eigenvalue weighted by atomic mass is 10.1. The number of nitrogens with one attached hydrogen (secondary N) is 1. The van der Waals surface area contributed by atoms with Crippen molar-refractivity contribution in [2.75, 3.05) is 25.0 Å². The molecule has 2 aliphatic rings. The molecular formula is C20H24N2O3S2. The van der Waals surface area contributed by atoms with Crippen molar-refractivity contribution in [2.24, 2.45) is 0 Å². The molecule has 1 aliphatic carbocycles. The maximum atomic E-state index is 12.7. The van der Waals surface area contributed by atoms with Gasteiger partial charge in [-0.15, -0.1) is 22.7 Å². The first-order chi connectivity index (χ1) is 13.2. The maximum Gasteiger partial charge on any atom is 0.341 e. The lowest BCUT2D eigenvalue weighted by molar-refractivity contribution is -0.117. The second-order valence-corrected chi connectivity index (χ2v) is 9.06. The number of nitrogens with zero attached hydrogens (tertiary/aromatic N) is 1. The summed E-state index contributed by atoms with van der Waals surface area (Å²) in [5.41, 5.74) is 1.66. The number of anilines is 1. The van der Waals surface area contributed by atoms with Crippen LogP contribution in [-0.2, 0) is 22.4 Å². The van der Waals surface area contributed by atoms with Crippen molar-refractivity contribution < 1.29 is 14.3 Å². The van der Waals surface area contributed by atoms with Crippen LogP contribution in [-0.4, -0.2) is 36.5 Å². The van der Waals surface area contributed by atoms with E-state index in [9.17, 15) is 9.59 Å². The number of aryl methyl sites for hydroxylation is 1. The van der Waals surface area contributed by atoms with E-state index in [0.717, 1.165) is 44.2 Å². The monoisotopic (exact) mass is 404 g/mol. The molecule has 5 nitrogen and oxygen atoms in total. The molecule has 1 fully saturated rings. The first-order valence-electron chi connectivity index (χ1n) is 9.56. The van der Waals surface area contributed by atoms with Crippen LogP contribution >= 0.6 is 22.7 Å². The van der Waals surface area contributed by atoms with E-state index in [0.29, 0.717) is 29.8 Å². The average molecular weight is 405 g/mol. The Hall–Kier alpha value is -1.70. The van der Waals surface area contributed by atoms with Gasteiger partial charge in [0.25, 0.3) is 0 Å². The number of esters is 1. The topological polar surface area (TPSA) is 58.6 Å². The fraction of sp³-hybridized carbons (Fsp3) is 0.500. The Morgan fingerprint density at radius 2 is 2.22 bits per heavy atom. The molecule has 4 rings (SSSR count). The molecule has 2 aromatic rings. The molecule has 1 aliphatic heterocycles. The number of thiophene rings is 2. The summed E-state index contributed by atoms with van der Waals surface area (Å²) in [6, 6.07) is 4.54. The number of hydrogen-bond acceptors (Lipinski definition) is 6. The van der Waals surface area contributed by atoms with E-state index >= 15 is 0 Å². The van der Waals surface area contributed by atoms with Gasteiger partial charge in [0.2, 0.25) is 5.91 Å². The van der Waals surface area contributed by atoms with Gasteiger partial charge in [0.15, 0.2) is 0 Å². The highest BCUT2D eigenvalue weighted by Crippen LogP contribution is 2.40. The van der Waals surface area contributed by atoms with E-state index in [4.69, 9.17) is 4.74 Å². The van der Waals surface area contributed by atoms with Crippen LogP contribution in [0, 0.1) is 0 Å². The predicted molar refractivity (Wildman–Crippen MR) is 109 cm³/mol. The van der Waals surface area contributed by atoms with E-state index in [1.807, 2.05) is 0 Å². The molecule has 1 unspecified atom stereocenters. The zero-order valence-corrected chi connectivity index (χ0v) is 17.1. The fourth-order valence-electron chi connectivity index (χ4n) is 4.08. The van der Waals surface area contributed by atoms with Crippen LogP contribution in [0.2, 0.25) is 0 Å². The molecular weight excluding hydrogens is 380 g/mol. The van der Waals surface area contributed by atoms with Gasteiger partial charge in [-0.2, -0.15) is 0 Å². The second-order valence-electron chi connectivity index (χ2n) is 6.97. The summed E-state index contributed by atoms with van der Waals surface area (Å²) < 4.78 is 5.24. The summed E-state index contributed by atoms with van der Waals surface area (Å²) in [4.78, 5) is 30.0. The summed E-state index contributed by atoms with van der Waals surface area (Å²) in [7, 11) is 0. The molecule has 0 saturated carbocycles. The van der Waals surface area contributed by atoms with Gasteiger partial charge < -0.3 is 10.1 Å². The van der Waals surface area contributed by atoms with Crippen molar-refractivity contribution in [1.82, 2.24) is 4.90 Å². The number of hydrogen-bond donors (Lipinski definition) is 1. The Labute approximate surface area is 167 Å². The molecule has 7 heteroatoms. The molecule has 0 aromatic carbocycles. The van der Waals surface area contributed by atoms with Crippen LogP contribution in [0.3, 0.4) is 0 Å². The van der Waals surface area contributed by atoms with Gasteiger partial charge in [0.1, 0.15) is 5.00 Å². The molecule has 2 aromatic heterocycles. The molecule has 1 saturated heterocycles. The van der Waals surface area contributed by atoms with Gasteiger partial charge in [-0.3, -0.25) is 9.69 Å². The minimum Gasteiger partial charge on any atom is -0.462 e. The van der Waals surface area contributed by atoms with Crippen LogP contribution in [0.25, 0.3) is 0 Å². The SMILES string of the molecule is CCOC(=O)c1c(NC(=O)CN2CCCC2c2cccs2)sc2c1CCC2. The van der Waals surface area contributed by atoms with Crippen molar-refractivity contribution >= 4 is 39.6 Å². The number of carbonyl (C=O) groups is 2. The predicted octanol–water partition coefficient (Wildman–Crippen LogP) is 4.25. The molecule has 0 spiro atoms. The zero-order chi connectivity index (χ0) is 18.8. The number of carbonyl (C=O) groups excluding carboxylic acids is 2. The van der Waals surface area contributed by atoms with Gasteiger partial charge in [0, 0.05) is 15.8 Å². The Morgan fingerprint density at radius 3 is 3.00 bits per heavy atom. The van der Waals surface area contributed by atoms with Crippen molar-refractivity contribution in [3.8, 4) is 0 Å². The van der Waals surface area contributed by atoms with Crippen molar-refractivity contribution in [2.45, 2.75) is 45.1 Å². The van der Waals surface area contributed by atoms with E-state index in [-0.39, 0.29) is 11.9 Å². The van der Waals surface area contributed by atoms with Crippen molar-refractivity contribution in [3.05, 3.63) is 38.4 Å². The molecule has 27 heavy (non-hydrogen) atoms. The lowest BCUT2D eigenvalue weighted by Gasteiger charge is -2.22. The highest BCUT2D eigenvalue weighted by Gasteiger charge is 2.31. The third-order valence-electron chi connectivity index (χ3n) is 5.24. The molecule has 144 valence electrons. The summed E-state index contributed by atoms with van der Waals surface area (Å²) in [5, 5.41) is 5.76. The molecule has 0 radical (unpaired) electrons. The largest absolute Gasteiger partial charge is 0.462 e. The minimum absolute atomic E-state index is 0.0519. The van der Waals surface area contributed by atoms with Gasteiger partial charge >= 0.3 is 5.97 Å². The van der Waals surface area contributed by atoms with Crippen LogP contribution < -0.4 is 5.32 Å². The van der Waals surface area contributed by atoms with Crippen molar-refractivity contribution in [3.63, 3.8) is 0 Å². The van der Waals surface area contributed by atoms with Crippen LogP contribution in [0.4, 0.5) is 5.00 Å². The fourth-order valence-corrected chi connectivity index (χ4v) is 6.27. The third-order valence-corrected chi connectivity index (χ3v) is 7.42. The Morgan fingerprint density at radius 1 is 1.33 bits per heavy atom. The molecule has 1 N–H and O–H groups in total. The van der Waals surface area contributed by atoms with Gasteiger partial charge in [-0.1, -0.05) is 6.07 Å². The second kappa shape index (κ2) is 8.12. The van der Waals surface area contributed by atoms with Crippen LogP contribution in [0.5, 0.6) is 0 Å². The molecule has 0 bridgehead atoms. The summed E-state index contributed by atoms with van der Waals surface area (Å²) in [6.45, 7) is 3.43. The smallest absolute Gasteiger partial charge is 0.341 e. The first-order valence-corrected chi connectivity index (χ1v) is 11.3.